The molecule has 12 nitrogen and oxygen atoms in total. The van der Waals surface area contributed by atoms with Gasteiger partial charge >= 0.3 is 5.97 Å². The van der Waals surface area contributed by atoms with Gasteiger partial charge in [-0.25, -0.2) is 4.79 Å². The maximum atomic E-state index is 12.7. The Morgan fingerprint density at radius 2 is 1.55 bits per heavy atom. The summed E-state index contributed by atoms with van der Waals surface area (Å²) in [5.74, 6) is -4.67. The van der Waals surface area contributed by atoms with Gasteiger partial charge in [0.2, 0.25) is 23.6 Å². The van der Waals surface area contributed by atoms with Crippen LogP contribution in [0.15, 0.2) is 0 Å². The lowest BCUT2D eigenvalue weighted by atomic mass is 9.97. The zero-order valence-corrected chi connectivity index (χ0v) is 16.8. The minimum Gasteiger partial charge on any atom is -0.480 e. The van der Waals surface area contributed by atoms with Crippen molar-refractivity contribution in [1.29, 1.82) is 0 Å². The van der Waals surface area contributed by atoms with Crippen LogP contribution in [0.5, 0.6) is 0 Å². The molecule has 0 saturated heterocycles. The van der Waals surface area contributed by atoms with Crippen LogP contribution in [0.3, 0.4) is 0 Å². The molecule has 5 unspecified atom stereocenters. The van der Waals surface area contributed by atoms with Crippen molar-refractivity contribution in [2.45, 2.75) is 64.3 Å². The molecular weight excluding hydrogens is 386 g/mol. The fourth-order valence-electron chi connectivity index (χ4n) is 2.39. The Balaban J connectivity index is 5.48. The van der Waals surface area contributed by atoms with Gasteiger partial charge in [-0.1, -0.05) is 20.3 Å². The van der Waals surface area contributed by atoms with Gasteiger partial charge in [-0.15, -0.1) is 0 Å². The molecule has 0 saturated carbocycles. The second kappa shape index (κ2) is 12.7. The van der Waals surface area contributed by atoms with Crippen molar-refractivity contribution < 1.29 is 34.2 Å². The van der Waals surface area contributed by atoms with E-state index < -0.39 is 53.8 Å². The van der Waals surface area contributed by atoms with E-state index in [2.05, 4.69) is 16.0 Å². The third-order valence-electron chi connectivity index (χ3n) is 4.36. The monoisotopic (exact) mass is 417 g/mol. The van der Waals surface area contributed by atoms with Crippen molar-refractivity contribution >= 4 is 29.6 Å². The fourth-order valence-corrected chi connectivity index (χ4v) is 2.39. The largest absolute Gasteiger partial charge is 0.480 e. The number of aliphatic hydroxyl groups excluding tert-OH is 1. The van der Waals surface area contributed by atoms with Gasteiger partial charge in [0.25, 0.3) is 0 Å². The highest BCUT2D eigenvalue weighted by atomic mass is 16.4. The highest BCUT2D eigenvalue weighted by molar-refractivity contribution is 5.94. The first-order valence-corrected chi connectivity index (χ1v) is 9.23. The average molecular weight is 417 g/mol. The van der Waals surface area contributed by atoms with Gasteiger partial charge in [0.1, 0.15) is 12.1 Å². The van der Waals surface area contributed by atoms with Crippen molar-refractivity contribution in [2.24, 2.45) is 17.4 Å². The number of aliphatic hydroxyl groups is 1. The van der Waals surface area contributed by atoms with Gasteiger partial charge in [-0.05, 0) is 19.3 Å². The van der Waals surface area contributed by atoms with Gasteiger partial charge in [-0.3, -0.25) is 19.2 Å². The molecule has 166 valence electrons. The van der Waals surface area contributed by atoms with E-state index in [0.29, 0.717) is 6.42 Å². The van der Waals surface area contributed by atoms with Gasteiger partial charge < -0.3 is 37.6 Å². The number of rotatable bonds is 13. The fraction of sp³-hybridized carbons (Fsp3) is 0.706. The highest BCUT2D eigenvalue weighted by Crippen LogP contribution is 2.09. The van der Waals surface area contributed by atoms with Crippen LogP contribution in [0.1, 0.15) is 40.0 Å². The number of nitrogens with two attached hydrogens (primary N) is 2. The summed E-state index contributed by atoms with van der Waals surface area (Å²) < 4.78 is 0. The molecule has 0 rings (SSSR count). The van der Waals surface area contributed by atoms with Crippen LogP contribution in [0.4, 0.5) is 0 Å². The first-order valence-electron chi connectivity index (χ1n) is 9.23. The number of nitrogens with one attached hydrogen (secondary N) is 3. The molecule has 0 aromatic rings. The van der Waals surface area contributed by atoms with E-state index in [1.54, 1.807) is 13.8 Å². The van der Waals surface area contributed by atoms with Gasteiger partial charge in [0.15, 0.2) is 6.04 Å². The maximum Gasteiger partial charge on any atom is 0.328 e. The number of carbonyl (C=O) groups excluding carboxylic acids is 4. The minimum atomic E-state index is -1.61. The molecule has 0 heterocycles. The predicted molar refractivity (Wildman–Crippen MR) is 102 cm³/mol. The van der Waals surface area contributed by atoms with E-state index in [9.17, 15) is 29.1 Å². The third-order valence-corrected chi connectivity index (χ3v) is 4.36. The lowest BCUT2D eigenvalue weighted by Gasteiger charge is -2.27. The standard InChI is InChI=1S/C17H31N5O7/c1-4-8(2)13(21-12(25)7-18)16(27)20-10(5-6-11(19)24)15(26)22-14(9(3)23)17(28)29/h8-10,13-14,23H,4-7,18H2,1-3H3,(H2,19,24)(H,20,27)(H,21,25)(H,22,26)(H,28,29). The summed E-state index contributed by atoms with van der Waals surface area (Å²) in [7, 11) is 0. The summed E-state index contributed by atoms with van der Waals surface area (Å²) >= 11 is 0. The molecule has 0 aromatic carbocycles. The van der Waals surface area contributed by atoms with E-state index in [1.165, 1.54) is 6.92 Å². The summed E-state index contributed by atoms with van der Waals surface area (Å²) in [6.45, 7) is 4.36. The van der Waals surface area contributed by atoms with Crippen molar-refractivity contribution in [3.8, 4) is 0 Å². The zero-order valence-electron chi connectivity index (χ0n) is 16.8. The van der Waals surface area contributed by atoms with Crippen LogP contribution < -0.4 is 27.4 Å². The number of carbonyl (C=O) groups is 5. The Kier molecular flexibility index (Phi) is 11.5. The molecule has 9 N–H and O–H groups in total. The maximum absolute atomic E-state index is 12.7. The smallest absolute Gasteiger partial charge is 0.328 e. The molecule has 0 aliphatic heterocycles. The van der Waals surface area contributed by atoms with Crippen LogP contribution >= 0.6 is 0 Å². The first-order chi connectivity index (χ1) is 13.4. The first kappa shape index (κ1) is 26.3. The number of hydrogen-bond donors (Lipinski definition) is 7. The van der Waals surface area contributed by atoms with Crippen molar-refractivity contribution in [2.75, 3.05) is 6.54 Å². The lowest BCUT2D eigenvalue weighted by Crippen LogP contribution is -2.58. The molecule has 12 heteroatoms. The second-order valence-electron chi connectivity index (χ2n) is 6.77. The quantitative estimate of drug-likeness (QED) is 0.165. The molecule has 5 atom stereocenters. The SMILES string of the molecule is CCC(C)C(NC(=O)CN)C(=O)NC(CCC(N)=O)C(=O)NC(C(=O)O)C(C)O. The molecular formula is C17H31N5O7. The molecule has 0 fully saturated rings. The van der Waals surface area contributed by atoms with Crippen LogP contribution in [0.2, 0.25) is 0 Å². The lowest BCUT2D eigenvalue weighted by molar-refractivity contribution is -0.145. The minimum absolute atomic E-state index is 0.197. The van der Waals surface area contributed by atoms with E-state index in [0.717, 1.165) is 0 Å². The number of hydrogen-bond acceptors (Lipinski definition) is 7. The Morgan fingerprint density at radius 1 is 0.966 bits per heavy atom. The van der Waals surface area contributed by atoms with Crippen molar-refractivity contribution in [1.82, 2.24) is 16.0 Å². The van der Waals surface area contributed by atoms with Crippen molar-refractivity contribution in [3.05, 3.63) is 0 Å². The summed E-state index contributed by atoms with van der Waals surface area (Å²) in [5.41, 5.74) is 10.4. The molecule has 0 radical (unpaired) electrons. The topological polar surface area (TPSA) is 214 Å². The van der Waals surface area contributed by atoms with Crippen LogP contribution in [0.25, 0.3) is 0 Å². The average Bonchev–Trinajstić information content (AvgIpc) is 2.65. The predicted octanol–water partition coefficient (Wildman–Crippen LogP) is -2.82. The third kappa shape index (κ3) is 9.34. The number of carboxylic acids is 1. The summed E-state index contributed by atoms with van der Waals surface area (Å²) in [5, 5.41) is 25.6. The van der Waals surface area contributed by atoms with Gasteiger partial charge in [-0.2, -0.15) is 0 Å². The second-order valence-corrected chi connectivity index (χ2v) is 6.77. The number of amides is 4. The Hall–Kier alpha value is -2.73. The van der Waals surface area contributed by atoms with Crippen LogP contribution in [0, 0.1) is 5.92 Å². The van der Waals surface area contributed by atoms with Crippen LogP contribution in [-0.2, 0) is 24.0 Å². The van der Waals surface area contributed by atoms with Gasteiger partial charge in [0, 0.05) is 6.42 Å². The molecule has 0 aromatic heterocycles. The van der Waals surface area contributed by atoms with Crippen molar-refractivity contribution in [3.63, 3.8) is 0 Å². The molecule has 4 amide bonds. The Labute approximate surface area is 168 Å². The molecule has 0 aliphatic carbocycles. The Bertz CT molecular complexity index is 611. The Morgan fingerprint density at radius 3 is 1.97 bits per heavy atom. The van der Waals surface area contributed by atoms with E-state index in [-0.39, 0.29) is 25.3 Å². The van der Waals surface area contributed by atoms with E-state index >= 15 is 0 Å². The highest BCUT2D eigenvalue weighted by Gasteiger charge is 2.32. The zero-order chi connectivity index (χ0) is 22.7. The normalized spacial score (nSPS) is 15.9. The molecule has 29 heavy (non-hydrogen) atoms. The van der Waals surface area contributed by atoms with Gasteiger partial charge in [0.05, 0.1) is 12.6 Å². The number of aliphatic carboxylic acids is 1. The summed E-state index contributed by atoms with van der Waals surface area (Å²) in [6, 6.07) is -3.92. The molecule has 0 spiro atoms. The summed E-state index contributed by atoms with van der Waals surface area (Å²) in [4.78, 5) is 59.1. The number of primary amides is 1. The van der Waals surface area contributed by atoms with E-state index in [4.69, 9.17) is 16.6 Å². The molecule has 0 aliphatic rings. The summed E-state index contributed by atoms with van der Waals surface area (Å²) in [6.07, 6.45) is -1.32. The van der Waals surface area contributed by atoms with Crippen LogP contribution in [-0.4, -0.2) is 70.6 Å². The van der Waals surface area contributed by atoms with E-state index in [1.807, 2.05) is 0 Å². The number of carboxylic acid groups (broad SMARTS) is 1. The molecule has 0 bridgehead atoms.